The van der Waals surface area contributed by atoms with Crippen LogP contribution in [-0.2, 0) is 0 Å². The number of rotatable bonds is 3. The Hall–Kier alpha value is -0.730. The van der Waals surface area contributed by atoms with E-state index in [4.69, 9.17) is 16.7 Å². The molecule has 94 valence electrons. The van der Waals surface area contributed by atoms with Gasteiger partial charge in [0.1, 0.15) is 0 Å². The fourth-order valence-electron chi connectivity index (χ4n) is 2.84. The molecule has 1 aliphatic heterocycles. The summed E-state index contributed by atoms with van der Waals surface area (Å²) in [6.07, 6.45) is 2.03. The van der Waals surface area contributed by atoms with Gasteiger partial charge in [0.2, 0.25) is 0 Å². The van der Waals surface area contributed by atoms with Gasteiger partial charge in [-0.3, -0.25) is 0 Å². The lowest BCUT2D eigenvalue weighted by molar-refractivity contribution is 0.259. The molecule has 17 heavy (non-hydrogen) atoms. The highest BCUT2D eigenvalue weighted by molar-refractivity contribution is 6.30. The monoisotopic (exact) mass is 253 g/mol. The van der Waals surface area contributed by atoms with Gasteiger partial charge in [0.15, 0.2) is 0 Å². The Balaban J connectivity index is 2.17. The topological polar surface area (TPSA) is 23.5 Å². The van der Waals surface area contributed by atoms with Crippen molar-refractivity contribution in [2.75, 3.05) is 18.1 Å². The molecule has 2 rings (SSSR count). The lowest BCUT2D eigenvalue weighted by Crippen LogP contribution is -2.38. The van der Waals surface area contributed by atoms with Crippen molar-refractivity contribution in [3.63, 3.8) is 0 Å². The second kappa shape index (κ2) is 4.87. The number of hydrogen-bond acceptors (Lipinski definition) is 2. The van der Waals surface area contributed by atoms with Crippen molar-refractivity contribution >= 4 is 17.3 Å². The molecule has 0 aromatic heterocycles. The molecule has 0 saturated carbocycles. The molecule has 2 nitrogen and oxygen atoms in total. The Morgan fingerprint density at radius 3 is 2.59 bits per heavy atom. The standard InChI is InChI=1S/C14H20ClNO/c1-14(2)9-11(7-8-17)10-16(14)13-5-3-12(15)4-6-13/h3-6,11,17H,7-10H2,1-2H3. The average Bonchev–Trinajstić information content (AvgIpc) is 2.55. The SMILES string of the molecule is CC1(C)CC(CCO)CN1c1ccc(Cl)cc1. The molecule has 0 aliphatic carbocycles. The summed E-state index contributed by atoms with van der Waals surface area (Å²) in [5, 5.41) is 9.83. The second-order valence-electron chi connectivity index (χ2n) is 5.48. The van der Waals surface area contributed by atoms with E-state index in [1.807, 2.05) is 12.1 Å². The number of hydrogen-bond donors (Lipinski definition) is 1. The first kappa shape index (κ1) is 12.7. The summed E-state index contributed by atoms with van der Waals surface area (Å²) in [5.41, 5.74) is 1.38. The maximum absolute atomic E-state index is 9.05. The van der Waals surface area contributed by atoms with Gasteiger partial charge >= 0.3 is 0 Å². The van der Waals surface area contributed by atoms with Gasteiger partial charge in [-0.1, -0.05) is 11.6 Å². The molecule has 0 amide bonds. The molecule has 1 fully saturated rings. The number of halogens is 1. The molecule has 0 radical (unpaired) electrons. The van der Waals surface area contributed by atoms with E-state index >= 15 is 0 Å². The van der Waals surface area contributed by atoms with Crippen LogP contribution in [0, 0.1) is 5.92 Å². The van der Waals surface area contributed by atoms with Crippen molar-refractivity contribution in [3.05, 3.63) is 29.3 Å². The number of nitrogens with zero attached hydrogens (tertiary/aromatic N) is 1. The lowest BCUT2D eigenvalue weighted by Gasteiger charge is -2.33. The Labute approximate surface area is 108 Å². The third-order valence-electron chi connectivity index (χ3n) is 3.64. The molecule has 1 N–H and O–H groups in total. The normalized spacial score (nSPS) is 23.1. The van der Waals surface area contributed by atoms with E-state index in [0.717, 1.165) is 24.4 Å². The fourth-order valence-corrected chi connectivity index (χ4v) is 2.96. The predicted molar refractivity (Wildman–Crippen MR) is 72.7 cm³/mol. The molecule has 1 saturated heterocycles. The zero-order valence-corrected chi connectivity index (χ0v) is 11.2. The Bertz CT molecular complexity index is 374. The third-order valence-corrected chi connectivity index (χ3v) is 3.89. The van der Waals surface area contributed by atoms with E-state index in [0.29, 0.717) is 5.92 Å². The highest BCUT2D eigenvalue weighted by Gasteiger charge is 2.37. The van der Waals surface area contributed by atoms with Crippen LogP contribution >= 0.6 is 11.6 Å². The van der Waals surface area contributed by atoms with Crippen molar-refractivity contribution in [1.29, 1.82) is 0 Å². The molecule has 1 aromatic carbocycles. The molecule has 3 heteroatoms. The largest absolute Gasteiger partial charge is 0.396 e. The van der Waals surface area contributed by atoms with Gasteiger partial charge in [-0.15, -0.1) is 0 Å². The van der Waals surface area contributed by atoms with Crippen molar-refractivity contribution < 1.29 is 5.11 Å². The number of aliphatic hydroxyl groups excluding tert-OH is 1. The molecule has 1 atom stereocenters. The molecular weight excluding hydrogens is 234 g/mol. The predicted octanol–water partition coefficient (Wildman–Crippen LogP) is 3.33. The molecular formula is C14H20ClNO. The maximum Gasteiger partial charge on any atom is 0.0434 e. The molecule has 1 unspecified atom stereocenters. The Morgan fingerprint density at radius 1 is 1.35 bits per heavy atom. The first-order valence-electron chi connectivity index (χ1n) is 6.17. The minimum atomic E-state index is 0.160. The number of benzene rings is 1. The van der Waals surface area contributed by atoms with Crippen LogP contribution in [-0.4, -0.2) is 23.8 Å². The minimum absolute atomic E-state index is 0.160. The smallest absolute Gasteiger partial charge is 0.0434 e. The van der Waals surface area contributed by atoms with Crippen LogP contribution in [0.3, 0.4) is 0 Å². The van der Waals surface area contributed by atoms with Gasteiger partial charge in [-0.25, -0.2) is 0 Å². The van der Waals surface area contributed by atoms with E-state index in [-0.39, 0.29) is 12.1 Å². The van der Waals surface area contributed by atoms with Gasteiger partial charge < -0.3 is 10.0 Å². The van der Waals surface area contributed by atoms with Crippen LogP contribution < -0.4 is 4.90 Å². The number of anilines is 1. The van der Waals surface area contributed by atoms with E-state index in [9.17, 15) is 0 Å². The summed E-state index contributed by atoms with van der Waals surface area (Å²) in [5.74, 6) is 0.589. The van der Waals surface area contributed by atoms with Crippen LogP contribution in [0.5, 0.6) is 0 Å². The van der Waals surface area contributed by atoms with Crippen molar-refractivity contribution in [2.45, 2.75) is 32.2 Å². The van der Waals surface area contributed by atoms with E-state index < -0.39 is 0 Å². The zero-order chi connectivity index (χ0) is 12.5. The third kappa shape index (κ3) is 2.75. The Kier molecular flexibility index (Phi) is 3.64. The van der Waals surface area contributed by atoms with Crippen molar-refractivity contribution in [1.82, 2.24) is 0 Å². The van der Waals surface area contributed by atoms with E-state index in [1.165, 1.54) is 5.69 Å². The van der Waals surface area contributed by atoms with Crippen LogP contribution in [0.1, 0.15) is 26.7 Å². The van der Waals surface area contributed by atoms with Gasteiger partial charge in [-0.05, 0) is 56.9 Å². The zero-order valence-electron chi connectivity index (χ0n) is 10.5. The average molecular weight is 254 g/mol. The molecule has 1 heterocycles. The van der Waals surface area contributed by atoms with Gasteiger partial charge in [0.05, 0.1) is 0 Å². The summed E-state index contributed by atoms with van der Waals surface area (Å²) in [7, 11) is 0. The first-order chi connectivity index (χ1) is 8.03. The quantitative estimate of drug-likeness (QED) is 0.893. The molecule has 1 aliphatic rings. The molecule has 0 bridgehead atoms. The summed E-state index contributed by atoms with van der Waals surface area (Å²) in [6, 6.07) is 8.02. The molecule has 1 aromatic rings. The molecule has 0 spiro atoms. The summed E-state index contributed by atoms with van der Waals surface area (Å²) < 4.78 is 0. The summed E-state index contributed by atoms with van der Waals surface area (Å²) in [6.45, 7) is 5.84. The van der Waals surface area contributed by atoms with Crippen LogP contribution in [0.15, 0.2) is 24.3 Å². The van der Waals surface area contributed by atoms with Gasteiger partial charge in [0.25, 0.3) is 0 Å². The van der Waals surface area contributed by atoms with Crippen LogP contribution in [0.25, 0.3) is 0 Å². The number of aliphatic hydroxyl groups is 1. The van der Waals surface area contributed by atoms with Crippen LogP contribution in [0.2, 0.25) is 5.02 Å². The van der Waals surface area contributed by atoms with E-state index in [2.05, 4.69) is 30.9 Å². The minimum Gasteiger partial charge on any atom is -0.396 e. The van der Waals surface area contributed by atoms with Crippen LogP contribution in [0.4, 0.5) is 5.69 Å². The first-order valence-corrected chi connectivity index (χ1v) is 6.55. The highest BCUT2D eigenvalue weighted by Crippen LogP contribution is 2.38. The highest BCUT2D eigenvalue weighted by atomic mass is 35.5. The maximum atomic E-state index is 9.05. The van der Waals surface area contributed by atoms with Gasteiger partial charge in [0, 0.05) is 29.4 Å². The lowest BCUT2D eigenvalue weighted by atomic mass is 9.94. The Morgan fingerprint density at radius 2 is 2.00 bits per heavy atom. The summed E-state index contributed by atoms with van der Waals surface area (Å²) in [4.78, 5) is 2.42. The van der Waals surface area contributed by atoms with E-state index in [1.54, 1.807) is 0 Å². The second-order valence-corrected chi connectivity index (χ2v) is 5.92. The van der Waals surface area contributed by atoms with Crippen molar-refractivity contribution in [2.24, 2.45) is 5.92 Å². The fraction of sp³-hybridized carbons (Fsp3) is 0.571. The van der Waals surface area contributed by atoms with Gasteiger partial charge in [-0.2, -0.15) is 0 Å². The van der Waals surface area contributed by atoms with Crippen molar-refractivity contribution in [3.8, 4) is 0 Å². The summed E-state index contributed by atoms with van der Waals surface area (Å²) >= 11 is 5.92.